The van der Waals surface area contributed by atoms with Gasteiger partial charge in [-0.15, -0.1) is 0 Å². The van der Waals surface area contributed by atoms with E-state index < -0.39 is 5.63 Å². The van der Waals surface area contributed by atoms with Crippen LogP contribution in [-0.4, -0.2) is 28.5 Å². The highest BCUT2D eigenvalue weighted by Crippen LogP contribution is 2.29. The van der Waals surface area contributed by atoms with Crippen molar-refractivity contribution in [2.24, 2.45) is 11.7 Å². The molecular weight excluding hydrogens is 320 g/mol. The van der Waals surface area contributed by atoms with Gasteiger partial charge in [-0.3, -0.25) is 9.69 Å². The van der Waals surface area contributed by atoms with Gasteiger partial charge in [-0.1, -0.05) is 6.92 Å². The van der Waals surface area contributed by atoms with Crippen molar-refractivity contribution in [1.82, 2.24) is 4.90 Å². The summed E-state index contributed by atoms with van der Waals surface area (Å²) in [6, 6.07) is 5.19. The van der Waals surface area contributed by atoms with Crippen LogP contribution in [0.2, 0.25) is 0 Å². The molecule has 1 aliphatic rings. The van der Waals surface area contributed by atoms with E-state index in [9.17, 15) is 14.7 Å². The first kappa shape index (κ1) is 17.5. The Morgan fingerprint density at radius 3 is 2.76 bits per heavy atom. The van der Waals surface area contributed by atoms with Crippen LogP contribution in [0, 0.1) is 5.92 Å². The van der Waals surface area contributed by atoms with Crippen LogP contribution in [0.25, 0.3) is 11.0 Å². The van der Waals surface area contributed by atoms with Gasteiger partial charge in [0.25, 0.3) is 0 Å². The summed E-state index contributed by atoms with van der Waals surface area (Å²) in [7, 11) is 0. The average Bonchev–Trinajstić information content (AvgIpc) is 2.55. The molecule has 2 heterocycles. The van der Waals surface area contributed by atoms with Crippen molar-refractivity contribution in [3.63, 3.8) is 0 Å². The van der Waals surface area contributed by atoms with E-state index in [4.69, 9.17) is 10.2 Å². The number of aryl methyl sites for hydroxylation is 1. The second-order valence-corrected chi connectivity index (χ2v) is 6.88. The first-order valence-electron chi connectivity index (χ1n) is 8.71. The fourth-order valence-electron chi connectivity index (χ4n) is 3.57. The predicted molar refractivity (Wildman–Crippen MR) is 95.3 cm³/mol. The maximum absolute atomic E-state index is 11.9. The van der Waals surface area contributed by atoms with Crippen molar-refractivity contribution < 1.29 is 14.3 Å². The van der Waals surface area contributed by atoms with Gasteiger partial charge in [-0.05, 0) is 43.4 Å². The van der Waals surface area contributed by atoms with Gasteiger partial charge in [0.15, 0.2) is 0 Å². The zero-order valence-corrected chi connectivity index (χ0v) is 14.6. The largest absolute Gasteiger partial charge is 0.508 e. The maximum Gasteiger partial charge on any atom is 0.336 e. The molecule has 3 N–H and O–H groups in total. The SMILES string of the molecule is CCc1cc2c(CN3C[C@@H](C(N)=O)CC[C@H]3C)cc(=O)oc2cc1O. The minimum Gasteiger partial charge on any atom is -0.508 e. The van der Waals surface area contributed by atoms with Crippen LogP contribution < -0.4 is 11.4 Å². The molecule has 6 nitrogen and oxygen atoms in total. The Labute approximate surface area is 146 Å². The highest BCUT2D eigenvalue weighted by atomic mass is 16.4. The number of hydrogen-bond acceptors (Lipinski definition) is 5. The second-order valence-electron chi connectivity index (χ2n) is 6.88. The number of fused-ring (bicyclic) bond motifs is 1. The van der Waals surface area contributed by atoms with E-state index in [1.165, 1.54) is 12.1 Å². The minimum atomic E-state index is -0.442. The first-order chi connectivity index (χ1) is 11.9. The number of phenolic OH excluding ortho intramolecular Hbond substituents is 1. The number of phenols is 1. The number of amides is 1. The number of benzene rings is 1. The smallest absolute Gasteiger partial charge is 0.336 e. The van der Waals surface area contributed by atoms with Gasteiger partial charge in [-0.2, -0.15) is 0 Å². The topological polar surface area (TPSA) is 96.8 Å². The number of primary amides is 1. The molecular formula is C19H24N2O4. The van der Waals surface area contributed by atoms with Crippen LogP contribution in [-0.2, 0) is 17.8 Å². The number of piperidine rings is 1. The standard InChI is InChI=1S/C19H24N2O4/c1-3-12-6-15-14(7-18(23)25-17(15)8-16(12)22)10-21-9-13(19(20)24)5-4-11(21)2/h6-8,11,13,22H,3-5,9-10H2,1-2H3,(H2,20,24)/t11-,13+/m1/s1. The van der Waals surface area contributed by atoms with Crippen LogP contribution in [0.4, 0.5) is 0 Å². The lowest BCUT2D eigenvalue weighted by molar-refractivity contribution is -0.124. The number of aromatic hydroxyl groups is 1. The Bertz CT molecular complexity index is 858. The monoisotopic (exact) mass is 344 g/mol. The molecule has 1 aliphatic heterocycles. The minimum absolute atomic E-state index is 0.135. The number of nitrogens with two attached hydrogens (primary N) is 1. The van der Waals surface area contributed by atoms with Crippen LogP contribution in [0.5, 0.6) is 5.75 Å². The molecule has 6 heteroatoms. The van der Waals surface area contributed by atoms with E-state index in [-0.39, 0.29) is 17.6 Å². The summed E-state index contributed by atoms with van der Waals surface area (Å²) in [5, 5.41) is 10.8. The highest BCUT2D eigenvalue weighted by molar-refractivity contribution is 5.83. The Balaban J connectivity index is 1.99. The van der Waals surface area contributed by atoms with E-state index in [1.54, 1.807) is 0 Å². The number of rotatable bonds is 4. The molecule has 1 aromatic heterocycles. The van der Waals surface area contributed by atoms with Gasteiger partial charge in [0, 0.05) is 36.7 Å². The summed E-state index contributed by atoms with van der Waals surface area (Å²) in [6.07, 6.45) is 2.39. The molecule has 1 saturated heterocycles. The van der Waals surface area contributed by atoms with Crippen molar-refractivity contribution in [3.05, 3.63) is 39.7 Å². The van der Waals surface area contributed by atoms with Crippen LogP contribution in [0.3, 0.4) is 0 Å². The fourth-order valence-corrected chi connectivity index (χ4v) is 3.57. The molecule has 0 radical (unpaired) electrons. The lowest BCUT2D eigenvalue weighted by Crippen LogP contribution is -2.45. The van der Waals surface area contributed by atoms with Gasteiger partial charge in [0.1, 0.15) is 11.3 Å². The zero-order chi connectivity index (χ0) is 18.1. The van der Waals surface area contributed by atoms with Gasteiger partial charge < -0.3 is 15.3 Å². The maximum atomic E-state index is 11.9. The molecule has 25 heavy (non-hydrogen) atoms. The first-order valence-corrected chi connectivity index (χ1v) is 8.71. The Hall–Kier alpha value is -2.34. The van der Waals surface area contributed by atoms with E-state index in [0.29, 0.717) is 31.1 Å². The second kappa shape index (κ2) is 6.88. The van der Waals surface area contributed by atoms with E-state index in [0.717, 1.165) is 29.4 Å². The Morgan fingerprint density at radius 2 is 2.08 bits per heavy atom. The zero-order valence-electron chi connectivity index (χ0n) is 14.6. The summed E-state index contributed by atoms with van der Waals surface area (Å²) in [4.78, 5) is 25.7. The predicted octanol–water partition coefficient (Wildman–Crippen LogP) is 2.15. The number of carbonyl (C=O) groups is 1. The average molecular weight is 344 g/mol. The van der Waals surface area contributed by atoms with Crippen molar-refractivity contribution >= 4 is 16.9 Å². The molecule has 1 fully saturated rings. The molecule has 1 aromatic carbocycles. The summed E-state index contributed by atoms with van der Waals surface area (Å²) < 4.78 is 5.25. The van der Waals surface area contributed by atoms with Gasteiger partial charge in [-0.25, -0.2) is 4.79 Å². The van der Waals surface area contributed by atoms with Crippen molar-refractivity contribution in [1.29, 1.82) is 0 Å². The Kier molecular flexibility index (Phi) is 4.81. The lowest BCUT2D eigenvalue weighted by atomic mass is 9.92. The summed E-state index contributed by atoms with van der Waals surface area (Å²) >= 11 is 0. The summed E-state index contributed by atoms with van der Waals surface area (Å²) in [6.45, 7) is 5.22. The molecule has 0 spiro atoms. The van der Waals surface area contributed by atoms with E-state index in [1.807, 2.05) is 13.0 Å². The number of likely N-dealkylation sites (tertiary alicyclic amines) is 1. The molecule has 0 saturated carbocycles. The number of hydrogen-bond donors (Lipinski definition) is 2. The lowest BCUT2D eigenvalue weighted by Gasteiger charge is -2.37. The normalized spacial score (nSPS) is 21.5. The number of nitrogens with zero attached hydrogens (tertiary/aromatic N) is 1. The molecule has 2 aromatic rings. The van der Waals surface area contributed by atoms with Crippen molar-refractivity contribution in [2.75, 3.05) is 6.54 Å². The molecule has 1 amide bonds. The van der Waals surface area contributed by atoms with Gasteiger partial charge in [0.2, 0.25) is 5.91 Å². The highest BCUT2D eigenvalue weighted by Gasteiger charge is 2.29. The van der Waals surface area contributed by atoms with Gasteiger partial charge >= 0.3 is 5.63 Å². The molecule has 0 bridgehead atoms. The fraction of sp³-hybridized carbons (Fsp3) is 0.474. The van der Waals surface area contributed by atoms with Crippen molar-refractivity contribution in [3.8, 4) is 5.75 Å². The third-order valence-electron chi connectivity index (χ3n) is 5.20. The van der Waals surface area contributed by atoms with E-state index in [2.05, 4.69) is 11.8 Å². The number of carbonyl (C=O) groups excluding carboxylic acids is 1. The molecule has 3 rings (SSSR count). The third kappa shape index (κ3) is 3.54. The molecule has 0 aliphatic carbocycles. The van der Waals surface area contributed by atoms with Crippen LogP contribution >= 0.6 is 0 Å². The summed E-state index contributed by atoms with van der Waals surface area (Å²) in [5.41, 5.74) is 7.07. The summed E-state index contributed by atoms with van der Waals surface area (Å²) in [5.74, 6) is -0.291. The quantitative estimate of drug-likeness (QED) is 0.828. The molecule has 2 atom stereocenters. The molecule has 0 unspecified atom stereocenters. The van der Waals surface area contributed by atoms with Crippen LogP contribution in [0.1, 0.15) is 37.8 Å². The van der Waals surface area contributed by atoms with Crippen LogP contribution in [0.15, 0.2) is 27.4 Å². The Morgan fingerprint density at radius 1 is 1.32 bits per heavy atom. The molecule has 134 valence electrons. The van der Waals surface area contributed by atoms with E-state index >= 15 is 0 Å². The third-order valence-corrected chi connectivity index (χ3v) is 5.20. The van der Waals surface area contributed by atoms with Crippen molar-refractivity contribution in [2.45, 2.75) is 45.7 Å². The van der Waals surface area contributed by atoms with Gasteiger partial charge in [0.05, 0.1) is 5.92 Å².